The van der Waals surface area contributed by atoms with Gasteiger partial charge in [0.05, 0.1) is 24.9 Å². The third-order valence-electron chi connectivity index (χ3n) is 4.14. The van der Waals surface area contributed by atoms with Gasteiger partial charge in [0, 0.05) is 6.07 Å². The first-order valence-corrected chi connectivity index (χ1v) is 8.32. The lowest BCUT2D eigenvalue weighted by Crippen LogP contribution is -2.41. The van der Waals surface area contributed by atoms with Gasteiger partial charge in [-0.3, -0.25) is 5.32 Å². The highest BCUT2D eigenvalue weighted by molar-refractivity contribution is 5.88. The van der Waals surface area contributed by atoms with Crippen molar-refractivity contribution in [1.29, 1.82) is 0 Å². The van der Waals surface area contributed by atoms with Gasteiger partial charge >= 0.3 is 6.03 Å². The van der Waals surface area contributed by atoms with Crippen molar-refractivity contribution >= 4 is 11.8 Å². The summed E-state index contributed by atoms with van der Waals surface area (Å²) in [6, 6.07) is 1.71. The van der Waals surface area contributed by atoms with E-state index in [0.29, 0.717) is 12.0 Å². The number of nitrogens with zero attached hydrogens (tertiary/aromatic N) is 2. The van der Waals surface area contributed by atoms with E-state index in [1.165, 1.54) is 19.3 Å². The van der Waals surface area contributed by atoms with E-state index in [4.69, 9.17) is 0 Å². The fourth-order valence-corrected chi connectivity index (χ4v) is 3.12. The maximum Gasteiger partial charge on any atom is 0.320 e. The average molecular weight is 308 g/mol. The molecule has 1 fully saturated rings. The second-order valence-electron chi connectivity index (χ2n) is 6.56. The zero-order valence-electron chi connectivity index (χ0n) is 13.6. The fraction of sp³-hybridized carbons (Fsp3) is 0.750. The summed E-state index contributed by atoms with van der Waals surface area (Å²) in [6.07, 6.45) is 8.44. The summed E-state index contributed by atoms with van der Waals surface area (Å²) < 4.78 is 1.93. The minimum atomic E-state index is -0.280. The molecular formula is C16H28N4O2. The predicted molar refractivity (Wildman–Crippen MR) is 86.8 cm³/mol. The van der Waals surface area contributed by atoms with Crippen LogP contribution in [0.3, 0.4) is 0 Å². The quantitative estimate of drug-likeness (QED) is 0.756. The number of carbonyl (C=O) groups is 1. The number of hydrogen-bond acceptors (Lipinski definition) is 3. The van der Waals surface area contributed by atoms with Crippen LogP contribution in [0.2, 0.25) is 0 Å². The van der Waals surface area contributed by atoms with E-state index in [0.717, 1.165) is 25.1 Å². The summed E-state index contributed by atoms with van der Waals surface area (Å²) in [7, 11) is 0. The van der Waals surface area contributed by atoms with E-state index >= 15 is 0 Å². The summed E-state index contributed by atoms with van der Waals surface area (Å²) in [6.45, 7) is 4.09. The monoisotopic (exact) mass is 308 g/mol. The van der Waals surface area contributed by atoms with Crippen molar-refractivity contribution in [1.82, 2.24) is 15.1 Å². The topological polar surface area (TPSA) is 79.2 Å². The van der Waals surface area contributed by atoms with Gasteiger partial charge in [0.2, 0.25) is 0 Å². The molecule has 1 aliphatic carbocycles. The molecule has 1 aromatic heterocycles. The third kappa shape index (κ3) is 4.73. The van der Waals surface area contributed by atoms with Crippen LogP contribution < -0.4 is 10.6 Å². The Morgan fingerprint density at radius 1 is 1.41 bits per heavy atom. The van der Waals surface area contributed by atoms with E-state index < -0.39 is 0 Å². The first-order valence-electron chi connectivity index (χ1n) is 8.32. The first-order chi connectivity index (χ1) is 10.6. The first kappa shape index (κ1) is 16.8. The van der Waals surface area contributed by atoms with Gasteiger partial charge in [0.15, 0.2) is 0 Å². The van der Waals surface area contributed by atoms with Crippen molar-refractivity contribution in [3.63, 3.8) is 0 Å². The highest BCUT2D eigenvalue weighted by Crippen LogP contribution is 2.29. The number of carbonyl (C=O) groups excluding carboxylic acids is 1. The molecule has 1 aromatic rings. The van der Waals surface area contributed by atoms with Crippen LogP contribution in [0.25, 0.3) is 0 Å². The number of rotatable bonds is 6. The number of urea groups is 1. The third-order valence-corrected chi connectivity index (χ3v) is 4.14. The van der Waals surface area contributed by atoms with Crippen molar-refractivity contribution in [3.8, 4) is 0 Å². The molecule has 6 heteroatoms. The molecule has 0 spiro atoms. The molecule has 1 unspecified atom stereocenters. The summed E-state index contributed by atoms with van der Waals surface area (Å²) in [5.74, 6) is 1.15. The molecule has 2 rings (SSSR count). The highest BCUT2D eigenvalue weighted by Gasteiger charge is 2.20. The van der Waals surface area contributed by atoms with Gasteiger partial charge < -0.3 is 10.4 Å². The zero-order valence-corrected chi connectivity index (χ0v) is 13.6. The number of aromatic nitrogens is 2. The molecule has 22 heavy (non-hydrogen) atoms. The predicted octanol–water partition coefficient (Wildman–Crippen LogP) is 2.92. The van der Waals surface area contributed by atoms with Gasteiger partial charge in [-0.1, -0.05) is 33.1 Å². The molecule has 6 nitrogen and oxygen atoms in total. The van der Waals surface area contributed by atoms with Gasteiger partial charge in [-0.05, 0) is 25.2 Å². The Balaban J connectivity index is 1.92. The summed E-state index contributed by atoms with van der Waals surface area (Å²) >= 11 is 0. The van der Waals surface area contributed by atoms with E-state index in [-0.39, 0.29) is 18.7 Å². The number of aliphatic hydroxyl groups excluding tert-OH is 1. The van der Waals surface area contributed by atoms with Crippen LogP contribution in [-0.4, -0.2) is 33.6 Å². The molecule has 0 aliphatic heterocycles. The lowest BCUT2D eigenvalue weighted by Gasteiger charge is -2.24. The Hall–Kier alpha value is -1.56. The molecule has 124 valence electrons. The Labute approximate surface area is 132 Å². The number of anilines is 1. The Kier molecular flexibility index (Phi) is 6.24. The Morgan fingerprint density at radius 3 is 2.77 bits per heavy atom. The van der Waals surface area contributed by atoms with Crippen LogP contribution in [0.4, 0.5) is 10.6 Å². The number of nitrogens with one attached hydrogen (secondary N) is 2. The number of amides is 2. The molecule has 0 saturated heterocycles. The largest absolute Gasteiger partial charge is 0.394 e. The van der Waals surface area contributed by atoms with E-state index in [2.05, 4.69) is 29.6 Å². The Morgan fingerprint density at radius 2 is 2.14 bits per heavy atom. The summed E-state index contributed by atoms with van der Waals surface area (Å²) in [5, 5.41) is 19.4. The van der Waals surface area contributed by atoms with Crippen LogP contribution in [-0.2, 0) is 0 Å². The number of hydrogen-bond donors (Lipinski definition) is 3. The average Bonchev–Trinajstić information content (AvgIpc) is 2.95. The molecule has 0 radical (unpaired) electrons. The normalized spacial score (nSPS) is 17.5. The molecule has 0 bridgehead atoms. The minimum absolute atomic E-state index is 0.0481. The molecule has 1 atom stereocenters. The molecule has 2 amide bonds. The molecule has 0 aromatic carbocycles. The van der Waals surface area contributed by atoms with Gasteiger partial charge in [-0.2, -0.15) is 5.10 Å². The maximum absolute atomic E-state index is 12.1. The molecule has 1 aliphatic rings. The lowest BCUT2D eigenvalue weighted by atomic mass is 9.96. The highest BCUT2D eigenvalue weighted by atomic mass is 16.3. The second kappa shape index (κ2) is 8.17. The summed E-state index contributed by atoms with van der Waals surface area (Å²) in [4.78, 5) is 12.1. The van der Waals surface area contributed by atoms with Crippen LogP contribution in [0.1, 0.15) is 58.4 Å². The maximum atomic E-state index is 12.1. The minimum Gasteiger partial charge on any atom is -0.394 e. The van der Waals surface area contributed by atoms with Crippen molar-refractivity contribution in [2.75, 3.05) is 11.9 Å². The van der Waals surface area contributed by atoms with Crippen LogP contribution >= 0.6 is 0 Å². The van der Waals surface area contributed by atoms with Crippen LogP contribution in [0, 0.1) is 5.92 Å². The molecule has 3 N–H and O–H groups in total. The van der Waals surface area contributed by atoms with Gasteiger partial charge in [0.1, 0.15) is 5.82 Å². The van der Waals surface area contributed by atoms with Crippen molar-refractivity contribution in [3.05, 3.63) is 12.3 Å². The summed E-state index contributed by atoms with van der Waals surface area (Å²) in [5.41, 5.74) is 0. The fourth-order valence-electron chi connectivity index (χ4n) is 3.12. The van der Waals surface area contributed by atoms with E-state index in [9.17, 15) is 9.90 Å². The van der Waals surface area contributed by atoms with Crippen molar-refractivity contribution in [2.45, 2.75) is 64.5 Å². The molecule has 1 saturated carbocycles. The van der Waals surface area contributed by atoms with E-state index in [1.54, 1.807) is 6.20 Å². The Bertz CT molecular complexity index is 466. The molecular weight excluding hydrogens is 280 g/mol. The van der Waals surface area contributed by atoms with E-state index in [1.807, 2.05) is 10.7 Å². The molecule has 1 heterocycles. The lowest BCUT2D eigenvalue weighted by molar-refractivity contribution is 0.213. The van der Waals surface area contributed by atoms with Crippen molar-refractivity contribution < 1.29 is 9.90 Å². The van der Waals surface area contributed by atoms with Crippen molar-refractivity contribution in [2.24, 2.45) is 5.92 Å². The zero-order chi connectivity index (χ0) is 15.9. The van der Waals surface area contributed by atoms with Crippen LogP contribution in [0.15, 0.2) is 12.3 Å². The van der Waals surface area contributed by atoms with Crippen LogP contribution in [0.5, 0.6) is 0 Å². The SMILES string of the molecule is CC(C)CC(CO)NC(=O)Nc1ccnn1C1CCCCC1. The van der Waals surface area contributed by atoms with Gasteiger partial charge in [-0.15, -0.1) is 0 Å². The standard InChI is InChI=1S/C16H28N4O2/c1-12(2)10-13(11-21)18-16(22)19-15-8-9-17-20(15)14-6-4-3-5-7-14/h8-9,12-14,21H,3-7,10-11H2,1-2H3,(H2,18,19,22). The second-order valence-corrected chi connectivity index (χ2v) is 6.56. The smallest absolute Gasteiger partial charge is 0.320 e. The van der Waals surface area contributed by atoms with Gasteiger partial charge in [-0.25, -0.2) is 9.48 Å². The van der Waals surface area contributed by atoms with Gasteiger partial charge in [0.25, 0.3) is 0 Å². The number of aliphatic hydroxyl groups is 1.